The van der Waals surface area contributed by atoms with Gasteiger partial charge in [0, 0.05) is 17.3 Å². The van der Waals surface area contributed by atoms with E-state index in [9.17, 15) is 9.59 Å². The van der Waals surface area contributed by atoms with Gasteiger partial charge in [-0.2, -0.15) is 0 Å². The molecular weight excluding hydrogens is 332 g/mol. The third kappa shape index (κ3) is 3.62. The molecule has 0 saturated heterocycles. The predicted octanol–water partition coefficient (Wildman–Crippen LogP) is 4.91. The highest BCUT2D eigenvalue weighted by molar-refractivity contribution is 7.16. The van der Waals surface area contributed by atoms with Crippen LogP contribution in [0.5, 0.6) is 0 Å². The van der Waals surface area contributed by atoms with E-state index in [1.54, 1.807) is 0 Å². The van der Waals surface area contributed by atoms with E-state index in [4.69, 9.17) is 0 Å². The average Bonchev–Trinajstić information content (AvgIpc) is 2.75. The van der Waals surface area contributed by atoms with Crippen LogP contribution in [-0.2, 0) is 4.79 Å². The molecule has 1 aromatic rings. The Morgan fingerprint density at radius 2 is 1.68 bits per heavy atom. The highest BCUT2D eigenvalue weighted by atomic mass is 32.1. The van der Waals surface area contributed by atoms with Crippen LogP contribution in [0.2, 0.25) is 0 Å². The maximum Gasteiger partial charge on any atom is 0.254 e. The zero-order valence-corrected chi connectivity index (χ0v) is 17.4. The molecule has 4 nitrogen and oxygen atoms in total. The molecule has 25 heavy (non-hydrogen) atoms. The van der Waals surface area contributed by atoms with Gasteiger partial charge in [0.05, 0.1) is 5.56 Å². The summed E-state index contributed by atoms with van der Waals surface area (Å²) in [6.45, 7) is 15.3. The number of anilines is 1. The lowest BCUT2D eigenvalue weighted by Crippen LogP contribution is -2.26. The smallest absolute Gasteiger partial charge is 0.254 e. The lowest BCUT2D eigenvalue weighted by Gasteiger charge is -2.09. The number of carbonyl (C=O) groups is 2. The minimum Gasteiger partial charge on any atom is -0.352 e. The lowest BCUT2D eigenvalue weighted by atomic mass is 10.0. The highest BCUT2D eigenvalue weighted by Gasteiger charge is 2.68. The van der Waals surface area contributed by atoms with E-state index in [1.165, 1.54) is 11.3 Å². The normalized spacial score (nSPS) is 18.0. The number of carbonyl (C=O) groups excluding carboxylic acids is 2. The van der Waals surface area contributed by atoms with Gasteiger partial charge in [0.15, 0.2) is 0 Å². The number of hydrogen-bond acceptors (Lipinski definition) is 3. The van der Waals surface area contributed by atoms with E-state index in [2.05, 4.69) is 45.3 Å². The Labute approximate surface area is 155 Å². The van der Waals surface area contributed by atoms with E-state index in [1.807, 2.05) is 13.8 Å². The summed E-state index contributed by atoms with van der Waals surface area (Å²) < 4.78 is 0. The maximum atomic E-state index is 12.8. The third-order valence-corrected chi connectivity index (χ3v) is 7.32. The molecule has 1 aliphatic rings. The highest BCUT2D eigenvalue weighted by Crippen LogP contribution is 2.68. The average molecular weight is 365 g/mol. The molecule has 2 N–H and O–H groups in total. The van der Waals surface area contributed by atoms with Crippen molar-refractivity contribution in [2.75, 3.05) is 11.9 Å². The number of thiophene rings is 1. The molecule has 140 valence electrons. The Kier molecular flexibility index (Phi) is 5.67. The first-order valence-electron chi connectivity index (χ1n) is 9.24. The van der Waals surface area contributed by atoms with Crippen molar-refractivity contribution in [3.05, 3.63) is 16.0 Å². The monoisotopic (exact) mass is 364 g/mol. The van der Waals surface area contributed by atoms with Crippen LogP contribution in [-0.4, -0.2) is 18.4 Å². The minimum atomic E-state index is -0.0810. The van der Waals surface area contributed by atoms with Crippen molar-refractivity contribution in [2.24, 2.45) is 16.7 Å². The first-order chi connectivity index (χ1) is 11.6. The van der Waals surface area contributed by atoms with Crippen LogP contribution in [0.1, 0.15) is 74.7 Å². The van der Waals surface area contributed by atoms with Crippen LogP contribution in [0.25, 0.3) is 0 Å². The summed E-state index contributed by atoms with van der Waals surface area (Å²) in [6.07, 6.45) is 3.22. The van der Waals surface area contributed by atoms with Crippen LogP contribution in [0.3, 0.4) is 0 Å². The minimum absolute atomic E-state index is 0.0129. The van der Waals surface area contributed by atoms with Crippen molar-refractivity contribution in [3.8, 4) is 0 Å². The summed E-state index contributed by atoms with van der Waals surface area (Å²) in [6, 6.07) is 0. The second kappa shape index (κ2) is 7.10. The van der Waals surface area contributed by atoms with Gasteiger partial charge >= 0.3 is 0 Å². The number of rotatable bonds is 7. The molecule has 1 heterocycles. The number of amides is 2. The van der Waals surface area contributed by atoms with E-state index in [0.717, 1.165) is 29.7 Å². The summed E-state index contributed by atoms with van der Waals surface area (Å²) in [5, 5.41) is 6.73. The number of nitrogens with one attached hydrogen (secondary N) is 2. The van der Waals surface area contributed by atoms with E-state index >= 15 is 0 Å². The molecule has 0 radical (unpaired) electrons. The Bertz CT molecular complexity index is 659. The summed E-state index contributed by atoms with van der Waals surface area (Å²) in [7, 11) is 0. The largest absolute Gasteiger partial charge is 0.352 e. The number of unbranched alkanes of at least 4 members (excludes halogenated alkanes) is 2. The number of hydrogen-bond donors (Lipinski definition) is 2. The van der Waals surface area contributed by atoms with Gasteiger partial charge in [0.25, 0.3) is 5.91 Å². The lowest BCUT2D eigenvalue weighted by molar-refractivity contribution is -0.118. The second-order valence-electron chi connectivity index (χ2n) is 8.32. The Morgan fingerprint density at radius 1 is 1.08 bits per heavy atom. The predicted molar refractivity (Wildman–Crippen MR) is 105 cm³/mol. The van der Waals surface area contributed by atoms with Crippen LogP contribution in [0, 0.1) is 30.6 Å². The molecule has 0 atom stereocenters. The van der Waals surface area contributed by atoms with Crippen molar-refractivity contribution in [1.82, 2.24) is 5.32 Å². The molecule has 2 rings (SSSR count). The fourth-order valence-corrected chi connectivity index (χ4v) is 4.75. The van der Waals surface area contributed by atoms with E-state index in [0.29, 0.717) is 17.1 Å². The molecule has 0 unspecified atom stereocenters. The van der Waals surface area contributed by atoms with Gasteiger partial charge in [-0.3, -0.25) is 9.59 Å². The summed E-state index contributed by atoms with van der Waals surface area (Å²) in [4.78, 5) is 26.5. The summed E-state index contributed by atoms with van der Waals surface area (Å²) in [5.74, 6) is -0.0815. The van der Waals surface area contributed by atoms with E-state index < -0.39 is 0 Å². The Balaban J connectivity index is 2.13. The third-order valence-electron chi connectivity index (χ3n) is 6.20. The van der Waals surface area contributed by atoms with Crippen LogP contribution in [0.15, 0.2) is 0 Å². The zero-order valence-electron chi connectivity index (χ0n) is 16.6. The molecule has 1 aliphatic carbocycles. The Morgan fingerprint density at radius 3 is 2.20 bits per heavy atom. The molecule has 1 fully saturated rings. The van der Waals surface area contributed by atoms with Gasteiger partial charge in [-0.15, -0.1) is 11.3 Å². The van der Waals surface area contributed by atoms with Gasteiger partial charge < -0.3 is 10.6 Å². The van der Waals surface area contributed by atoms with Gasteiger partial charge in [-0.25, -0.2) is 0 Å². The van der Waals surface area contributed by atoms with Crippen molar-refractivity contribution >= 4 is 28.2 Å². The molecule has 2 amide bonds. The van der Waals surface area contributed by atoms with Crippen LogP contribution >= 0.6 is 11.3 Å². The van der Waals surface area contributed by atoms with Crippen LogP contribution in [0.4, 0.5) is 5.00 Å². The maximum absolute atomic E-state index is 12.8. The second-order valence-corrected chi connectivity index (χ2v) is 9.54. The molecule has 1 saturated carbocycles. The van der Waals surface area contributed by atoms with Gasteiger partial charge in [0.2, 0.25) is 5.91 Å². The quantitative estimate of drug-likeness (QED) is 0.676. The van der Waals surface area contributed by atoms with Crippen molar-refractivity contribution in [2.45, 2.75) is 67.7 Å². The molecule has 1 aromatic heterocycles. The molecule has 5 heteroatoms. The Hall–Kier alpha value is -1.36. The summed E-state index contributed by atoms with van der Waals surface area (Å²) in [5.41, 5.74) is 1.56. The van der Waals surface area contributed by atoms with Crippen LogP contribution < -0.4 is 10.6 Å². The van der Waals surface area contributed by atoms with E-state index in [-0.39, 0.29) is 28.6 Å². The van der Waals surface area contributed by atoms with Crippen molar-refractivity contribution in [3.63, 3.8) is 0 Å². The van der Waals surface area contributed by atoms with Crippen molar-refractivity contribution < 1.29 is 9.59 Å². The topological polar surface area (TPSA) is 58.2 Å². The molecular formula is C20H32N2O2S. The number of aryl methyl sites for hydroxylation is 1. The van der Waals surface area contributed by atoms with Gasteiger partial charge in [-0.1, -0.05) is 47.5 Å². The first kappa shape index (κ1) is 20.0. The fraction of sp³-hybridized carbons (Fsp3) is 0.700. The summed E-state index contributed by atoms with van der Waals surface area (Å²) >= 11 is 1.49. The fourth-order valence-electron chi connectivity index (χ4n) is 3.69. The van der Waals surface area contributed by atoms with Crippen molar-refractivity contribution in [1.29, 1.82) is 0 Å². The standard InChI is InChI=1S/C20H32N2O2S/c1-8-9-10-11-21-16(23)14-12(2)13(3)25-18(14)22-17(24)15-19(4,5)20(15,6)7/h15H,8-11H2,1-7H3,(H,21,23)(H,22,24). The molecule has 0 bridgehead atoms. The zero-order chi connectivity index (χ0) is 19.0. The molecule has 0 spiro atoms. The van der Waals surface area contributed by atoms with Gasteiger partial charge in [-0.05, 0) is 36.7 Å². The van der Waals surface area contributed by atoms with Gasteiger partial charge in [0.1, 0.15) is 5.00 Å². The molecule has 0 aromatic carbocycles. The first-order valence-corrected chi connectivity index (χ1v) is 10.1. The molecule has 0 aliphatic heterocycles. The SMILES string of the molecule is CCCCCNC(=O)c1c(NC(=O)C2C(C)(C)C2(C)C)sc(C)c1C.